The van der Waals surface area contributed by atoms with Crippen LogP contribution in [0.1, 0.15) is 74.0 Å². The Labute approximate surface area is 128 Å². The molecule has 0 heterocycles. The van der Waals surface area contributed by atoms with Crippen molar-refractivity contribution < 1.29 is 14.6 Å². The quantitative estimate of drug-likeness (QED) is 0.721. The van der Waals surface area contributed by atoms with E-state index < -0.39 is 5.97 Å². The Morgan fingerprint density at radius 2 is 1.71 bits per heavy atom. The third-order valence-corrected chi connectivity index (χ3v) is 3.64. The van der Waals surface area contributed by atoms with E-state index in [1.165, 1.54) is 11.1 Å². The van der Waals surface area contributed by atoms with Crippen LogP contribution in [0.2, 0.25) is 0 Å². The van der Waals surface area contributed by atoms with E-state index >= 15 is 0 Å². The number of benzene rings is 1. The second-order valence-electron chi connectivity index (χ2n) is 5.38. The van der Waals surface area contributed by atoms with Crippen LogP contribution < -0.4 is 4.74 Å². The average molecular weight is 292 g/mol. The smallest absolute Gasteiger partial charge is 0.339 e. The van der Waals surface area contributed by atoms with Gasteiger partial charge in [0.2, 0.25) is 0 Å². The standard InChI is InChI=1S/C18H28O3/c1-5-9-13-12-16(18(19)20)17(21-11-7-3)15(10-6-2)14(13)8-4/h12H,5-11H2,1-4H3,(H,19,20). The van der Waals surface area contributed by atoms with Crippen LogP contribution in [0, 0.1) is 0 Å². The summed E-state index contributed by atoms with van der Waals surface area (Å²) in [7, 11) is 0. The van der Waals surface area contributed by atoms with E-state index in [0.717, 1.165) is 44.1 Å². The number of hydrogen-bond donors (Lipinski definition) is 1. The van der Waals surface area contributed by atoms with Gasteiger partial charge in [0.25, 0.3) is 0 Å². The molecule has 118 valence electrons. The molecule has 0 atom stereocenters. The van der Waals surface area contributed by atoms with E-state index in [1.54, 1.807) is 0 Å². The van der Waals surface area contributed by atoms with Gasteiger partial charge in [0.05, 0.1) is 6.61 Å². The zero-order chi connectivity index (χ0) is 15.8. The average Bonchev–Trinajstić information content (AvgIpc) is 2.46. The molecule has 0 spiro atoms. The van der Waals surface area contributed by atoms with Crippen LogP contribution in [-0.2, 0) is 19.3 Å². The zero-order valence-corrected chi connectivity index (χ0v) is 13.8. The van der Waals surface area contributed by atoms with Gasteiger partial charge in [-0.25, -0.2) is 4.79 Å². The van der Waals surface area contributed by atoms with Gasteiger partial charge >= 0.3 is 5.97 Å². The Kier molecular flexibility index (Phi) is 7.27. The fraction of sp³-hybridized carbons (Fsp3) is 0.611. The first-order valence-electron chi connectivity index (χ1n) is 8.14. The van der Waals surface area contributed by atoms with Crippen LogP contribution in [-0.4, -0.2) is 17.7 Å². The summed E-state index contributed by atoms with van der Waals surface area (Å²) in [5.41, 5.74) is 3.89. The van der Waals surface area contributed by atoms with Gasteiger partial charge < -0.3 is 9.84 Å². The van der Waals surface area contributed by atoms with Crippen LogP contribution in [0.4, 0.5) is 0 Å². The molecule has 0 aliphatic carbocycles. The van der Waals surface area contributed by atoms with Crippen LogP contribution in [0.15, 0.2) is 6.07 Å². The number of ether oxygens (including phenoxy) is 1. The summed E-state index contributed by atoms with van der Waals surface area (Å²) in [6.07, 6.45) is 5.61. The van der Waals surface area contributed by atoms with Gasteiger partial charge in [0, 0.05) is 0 Å². The summed E-state index contributed by atoms with van der Waals surface area (Å²) in [5, 5.41) is 9.53. The monoisotopic (exact) mass is 292 g/mol. The van der Waals surface area contributed by atoms with Crippen molar-refractivity contribution in [1.29, 1.82) is 0 Å². The minimum absolute atomic E-state index is 0.326. The highest BCUT2D eigenvalue weighted by Crippen LogP contribution is 2.33. The molecule has 3 heteroatoms. The number of carboxylic acids is 1. The number of aromatic carboxylic acids is 1. The lowest BCUT2D eigenvalue weighted by Crippen LogP contribution is -2.11. The summed E-state index contributed by atoms with van der Waals surface area (Å²) in [5.74, 6) is -0.290. The van der Waals surface area contributed by atoms with Crippen LogP contribution >= 0.6 is 0 Å². The Hall–Kier alpha value is -1.51. The summed E-state index contributed by atoms with van der Waals surface area (Å²) in [6, 6.07) is 1.83. The van der Waals surface area contributed by atoms with Gasteiger partial charge in [0.1, 0.15) is 11.3 Å². The van der Waals surface area contributed by atoms with Gasteiger partial charge in [-0.05, 0) is 48.4 Å². The molecule has 0 amide bonds. The van der Waals surface area contributed by atoms with Crippen molar-refractivity contribution >= 4 is 5.97 Å². The fourth-order valence-electron chi connectivity index (χ4n) is 2.80. The van der Waals surface area contributed by atoms with Gasteiger partial charge in [-0.15, -0.1) is 0 Å². The molecule has 0 aliphatic heterocycles. The number of aryl methyl sites for hydroxylation is 1. The molecule has 3 nitrogen and oxygen atoms in total. The number of hydrogen-bond acceptors (Lipinski definition) is 2. The fourth-order valence-corrected chi connectivity index (χ4v) is 2.80. The molecule has 0 aliphatic rings. The summed E-state index contributed by atoms with van der Waals surface area (Å²) < 4.78 is 5.83. The van der Waals surface area contributed by atoms with Crippen molar-refractivity contribution in [2.45, 2.75) is 66.2 Å². The molecule has 1 rings (SSSR count). The normalized spacial score (nSPS) is 10.7. The highest BCUT2D eigenvalue weighted by atomic mass is 16.5. The van der Waals surface area contributed by atoms with Crippen molar-refractivity contribution in [2.75, 3.05) is 6.61 Å². The first-order chi connectivity index (χ1) is 10.1. The third-order valence-electron chi connectivity index (χ3n) is 3.64. The van der Waals surface area contributed by atoms with Gasteiger partial charge in [-0.3, -0.25) is 0 Å². The summed E-state index contributed by atoms with van der Waals surface area (Å²) >= 11 is 0. The molecule has 0 unspecified atom stereocenters. The Bertz CT molecular complexity index is 478. The molecule has 0 aromatic heterocycles. The van der Waals surface area contributed by atoms with E-state index in [1.807, 2.05) is 13.0 Å². The predicted octanol–water partition coefficient (Wildman–Crippen LogP) is 4.64. The molecule has 1 aromatic carbocycles. The van der Waals surface area contributed by atoms with Gasteiger partial charge in [0.15, 0.2) is 0 Å². The second kappa shape index (κ2) is 8.71. The van der Waals surface area contributed by atoms with E-state index in [4.69, 9.17) is 4.74 Å². The van der Waals surface area contributed by atoms with Crippen molar-refractivity contribution in [1.82, 2.24) is 0 Å². The maximum Gasteiger partial charge on any atom is 0.339 e. The zero-order valence-electron chi connectivity index (χ0n) is 13.8. The Balaban J connectivity index is 3.50. The lowest BCUT2D eigenvalue weighted by Gasteiger charge is -2.20. The Morgan fingerprint density at radius 3 is 2.19 bits per heavy atom. The van der Waals surface area contributed by atoms with E-state index in [-0.39, 0.29) is 0 Å². The molecule has 0 bridgehead atoms. The first-order valence-corrected chi connectivity index (χ1v) is 8.14. The maximum atomic E-state index is 11.6. The van der Waals surface area contributed by atoms with E-state index in [9.17, 15) is 9.90 Å². The van der Waals surface area contributed by atoms with Gasteiger partial charge in [-0.1, -0.05) is 40.5 Å². The molecule has 0 fully saturated rings. The van der Waals surface area contributed by atoms with Crippen molar-refractivity contribution in [3.63, 3.8) is 0 Å². The minimum Gasteiger partial charge on any atom is -0.492 e. The van der Waals surface area contributed by atoms with Crippen LogP contribution in [0.3, 0.4) is 0 Å². The van der Waals surface area contributed by atoms with Crippen LogP contribution in [0.25, 0.3) is 0 Å². The minimum atomic E-state index is -0.890. The number of carboxylic acid groups (broad SMARTS) is 1. The lowest BCUT2D eigenvalue weighted by molar-refractivity contribution is 0.0691. The predicted molar refractivity (Wildman–Crippen MR) is 86.6 cm³/mol. The van der Waals surface area contributed by atoms with Gasteiger partial charge in [-0.2, -0.15) is 0 Å². The maximum absolute atomic E-state index is 11.6. The van der Waals surface area contributed by atoms with Crippen molar-refractivity contribution in [2.24, 2.45) is 0 Å². The van der Waals surface area contributed by atoms with Crippen molar-refractivity contribution in [3.05, 3.63) is 28.3 Å². The first kappa shape index (κ1) is 17.5. The molecule has 21 heavy (non-hydrogen) atoms. The Morgan fingerprint density at radius 1 is 1.05 bits per heavy atom. The molecular formula is C18H28O3. The van der Waals surface area contributed by atoms with Crippen LogP contribution in [0.5, 0.6) is 5.75 Å². The molecule has 0 saturated carbocycles. The third kappa shape index (κ3) is 4.23. The topological polar surface area (TPSA) is 46.5 Å². The summed E-state index contributed by atoms with van der Waals surface area (Å²) in [4.78, 5) is 11.6. The van der Waals surface area contributed by atoms with Crippen molar-refractivity contribution in [3.8, 4) is 5.75 Å². The lowest BCUT2D eigenvalue weighted by atomic mass is 9.90. The largest absolute Gasteiger partial charge is 0.492 e. The SMILES string of the molecule is CCCOc1c(C(=O)O)cc(CCC)c(CC)c1CCC. The highest BCUT2D eigenvalue weighted by Gasteiger charge is 2.21. The molecule has 1 N–H and O–H groups in total. The molecule has 0 radical (unpaired) electrons. The number of carbonyl (C=O) groups is 1. The molecule has 1 aromatic rings. The highest BCUT2D eigenvalue weighted by molar-refractivity contribution is 5.92. The molecule has 0 saturated heterocycles. The second-order valence-corrected chi connectivity index (χ2v) is 5.38. The van der Waals surface area contributed by atoms with E-state index in [0.29, 0.717) is 17.9 Å². The number of rotatable bonds is 9. The summed E-state index contributed by atoms with van der Waals surface area (Å²) in [6.45, 7) is 8.98. The molecular weight excluding hydrogens is 264 g/mol. The van der Waals surface area contributed by atoms with E-state index in [2.05, 4.69) is 20.8 Å².